The van der Waals surface area contributed by atoms with Crippen LogP contribution in [0.25, 0.3) is 11.2 Å². The van der Waals surface area contributed by atoms with E-state index in [-0.39, 0.29) is 0 Å². The van der Waals surface area contributed by atoms with Crippen molar-refractivity contribution in [3.63, 3.8) is 0 Å². The summed E-state index contributed by atoms with van der Waals surface area (Å²) in [6, 6.07) is 0. The minimum Gasteiger partial charge on any atom is -0.479 e. The second-order valence-electron chi connectivity index (χ2n) is 3.71. The summed E-state index contributed by atoms with van der Waals surface area (Å²) in [5, 5.41) is 0. The normalized spacial score (nSPS) is 11.0. The van der Waals surface area contributed by atoms with Gasteiger partial charge in [0, 0.05) is 19.8 Å². The largest absolute Gasteiger partial charge is 0.479 e. The van der Waals surface area contributed by atoms with E-state index >= 15 is 0 Å². The predicted octanol–water partition coefficient (Wildman–Crippen LogP) is 1.92. The van der Waals surface area contributed by atoms with Gasteiger partial charge in [0.2, 0.25) is 5.88 Å². The van der Waals surface area contributed by atoms with Crippen LogP contribution >= 0.6 is 12.2 Å². The zero-order valence-corrected chi connectivity index (χ0v) is 11.3. The van der Waals surface area contributed by atoms with Crippen molar-refractivity contribution in [1.82, 2.24) is 19.5 Å². The number of aromatic amines is 1. The highest BCUT2D eigenvalue weighted by molar-refractivity contribution is 7.71. The van der Waals surface area contributed by atoms with Crippen LogP contribution in [-0.2, 0) is 11.3 Å². The summed E-state index contributed by atoms with van der Waals surface area (Å²) in [7, 11) is 1.57. The molecule has 6 nitrogen and oxygen atoms in total. The molecule has 0 aliphatic rings. The Morgan fingerprint density at radius 1 is 1.44 bits per heavy atom. The Morgan fingerprint density at radius 3 is 3.00 bits per heavy atom. The van der Waals surface area contributed by atoms with E-state index in [1.807, 2.05) is 11.5 Å². The lowest BCUT2D eigenvalue weighted by Crippen LogP contribution is -2.03. The van der Waals surface area contributed by atoms with Crippen LogP contribution in [0.3, 0.4) is 0 Å². The molecular formula is C11H16N4O2S. The molecule has 0 spiro atoms. The van der Waals surface area contributed by atoms with Crippen molar-refractivity contribution in [2.45, 2.75) is 19.9 Å². The van der Waals surface area contributed by atoms with Crippen molar-refractivity contribution in [1.29, 1.82) is 0 Å². The maximum atomic E-state index is 5.31. The van der Waals surface area contributed by atoms with E-state index < -0.39 is 0 Å². The lowest BCUT2D eigenvalue weighted by molar-refractivity contribution is 0.142. The first kappa shape index (κ1) is 13.0. The Kier molecular flexibility index (Phi) is 4.27. The number of H-pyrrole nitrogens is 1. The van der Waals surface area contributed by atoms with Gasteiger partial charge < -0.3 is 19.0 Å². The monoisotopic (exact) mass is 268 g/mol. The number of hydrogen-bond acceptors (Lipinski definition) is 5. The molecule has 0 saturated heterocycles. The van der Waals surface area contributed by atoms with Crippen LogP contribution in [-0.4, -0.2) is 39.8 Å². The number of imidazole rings is 1. The molecular weight excluding hydrogens is 252 g/mol. The zero-order chi connectivity index (χ0) is 13.0. The molecule has 2 aromatic heterocycles. The first-order chi connectivity index (χ1) is 8.77. The van der Waals surface area contributed by atoms with Gasteiger partial charge in [-0.3, -0.25) is 0 Å². The third kappa shape index (κ3) is 2.51. The summed E-state index contributed by atoms with van der Waals surface area (Å²) < 4.78 is 13.0. The molecule has 0 aliphatic carbocycles. The molecule has 2 rings (SSSR count). The number of aryl methyl sites for hydroxylation is 1. The van der Waals surface area contributed by atoms with Gasteiger partial charge in [0.1, 0.15) is 11.8 Å². The molecule has 18 heavy (non-hydrogen) atoms. The van der Waals surface area contributed by atoms with E-state index in [0.29, 0.717) is 17.3 Å². The van der Waals surface area contributed by atoms with Gasteiger partial charge in [-0.05, 0) is 25.6 Å². The van der Waals surface area contributed by atoms with Crippen molar-refractivity contribution in [3.8, 4) is 5.88 Å². The predicted molar refractivity (Wildman–Crippen MR) is 70.4 cm³/mol. The molecule has 0 atom stereocenters. The summed E-state index contributed by atoms with van der Waals surface area (Å²) in [4.78, 5) is 11.4. The number of nitrogens with one attached hydrogen (secondary N) is 1. The molecule has 7 heteroatoms. The standard InChI is InChI=1S/C11H16N4O2S/c1-3-17-6-4-5-15-9-8(14-11(15)18)10(16-2)13-7-12-9/h7H,3-6H2,1-2H3,(H,14,18). The zero-order valence-electron chi connectivity index (χ0n) is 10.5. The molecule has 2 heterocycles. The average Bonchev–Trinajstić information content (AvgIpc) is 2.70. The minimum absolute atomic E-state index is 0.509. The summed E-state index contributed by atoms with van der Waals surface area (Å²) in [6.45, 7) is 4.19. The van der Waals surface area contributed by atoms with Crippen LogP contribution in [0.4, 0.5) is 0 Å². The van der Waals surface area contributed by atoms with E-state index in [1.54, 1.807) is 7.11 Å². The van der Waals surface area contributed by atoms with Crippen molar-refractivity contribution in [2.24, 2.45) is 0 Å². The van der Waals surface area contributed by atoms with Gasteiger partial charge in [0.15, 0.2) is 10.4 Å². The summed E-state index contributed by atoms with van der Waals surface area (Å²) in [5.74, 6) is 0.509. The van der Waals surface area contributed by atoms with E-state index in [1.165, 1.54) is 6.33 Å². The van der Waals surface area contributed by atoms with Crippen LogP contribution in [0.1, 0.15) is 13.3 Å². The first-order valence-corrected chi connectivity index (χ1v) is 6.24. The van der Waals surface area contributed by atoms with Crippen molar-refractivity contribution in [3.05, 3.63) is 11.1 Å². The number of fused-ring (bicyclic) bond motifs is 1. The van der Waals surface area contributed by atoms with Gasteiger partial charge in [0.05, 0.1) is 7.11 Å². The molecule has 0 aliphatic heterocycles. The van der Waals surface area contributed by atoms with Gasteiger partial charge in [-0.2, -0.15) is 4.98 Å². The summed E-state index contributed by atoms with van der Waals surface area (Å²) >= 11 is 5.28. The lowest BCUT2D eigenvalue weighted by Gasteiger charge is -2.04. The topological polar surface area (TPSA) is 65.0 Å². The number of ether oxygens (including phenoxy) is 2. The van der Waals surface area contributed by atoms with E-state index in [2.05, 4.69) is 15.0 Å². The third-order valence-electron chi connectivity index (χ3n) is 2.59. The molecule has 0 amide bonds. The van der Waals surface area contributed by atoms with Crippen LogP contribution in [0.5, 0.6) is 5.88 Å². The van der Waals surface area contributed by atoms with Gasteiger partial charge in [-0.1, -0.05) is 0 Å². The Hall–Kier alpha value is -1.47. The molecule has 0 saturated carbocycles. The SMILES string of the molecule is CCOCCCn1c(=S)[nH]c2c(OC)ncnc21. The first-order valence-electron chi connectivity index (χ1n) is 5.83. The van der Waals surface area contributed by atoms with E-state index in [9.17, 15) is 0 Å². The molecule has 98 valence electrons. The quantitative estimate of drug-likeness (QED) is 0.640. The fourth-order valence-corrected chi connectivity index (χ4v) is 2.06. The number of aromatic nitrogens is 4. The van der Waals surface area contributed by atoms with E-state index in [4.69, 9.17) is 21.7 Å². The van der Waals surface area contributed by atoms with Crippen LogP contribution in [0.2, 0.25) is 0 Å². The maximum absolute atomic E-state index is 5.31. The second-order valence-corrected chi connectivity index (χ2v) is 4.10. The average molecular weight is 268 g/mol. The molecule has 1 N–H and O–H groups in total. The van der Waals surface area contributed by atoms with Crippen molar-refractivity contribution < 1.29 is 9.47 Å². The Labute approximate surface area is 110 Å². The molecule has 0 unspecified atom stereocenters. The lowest BCUT2D eigenvalue weighted by atomic mass is 10.4. The molecule has 0 aromatic carbocycles. The molecule has 0 radical (unpaired) electrons. The van der Waals surface area contributed by atoms with Crippen LogP contribution in [0.15, 0.2) is 6.33 Å². The number of methoxy groups -OCH3 is 1. The maximum Gasteiger partial charge on any atom is 0.242 e. The molecule has 2 aromatic rings. The van der Waals surface area contributed by atoms with Gasteiger partial charge in [-0.25, -0.2) is 4.98 Å². The van der Waals surface area contributed by atoms with E-state index in [0.717, 1.165) is 30.7 Å². The molecule has 0 bridgehead atoms. The summed E-state index contributed by atoms with van der Waals surface area (Å²) in [6.07, 6.45) is 2.37. The smallest absolute Gasteiger partial charge is 0.242 e. The number of rotatable bonds is 6. The fraction of sp³-hybridized carbons (Fsp3) is 0.545. The Balaban J connectivity index is 2.27. The van der Waals surface area contributed by atoms with Gasteiger partial charge in [-0.15, -0.1) is 0 Å². The number of nitrogens with zero attached hydrogens (tertiary/aromatic N) is 3. The highest BCUT2D eigenvalue weighted by atomic mass is 32.1. The van der Waals surface area contributed by atoms with Crippen LogP contribution < -0.4 is 4.74 Å². The Morgan fingerprint density at radius 2 is 2.28 bits per heavy atom. The van der Waals surface area contributed by atoms with Gasteiger partial charge >= 0.3 is 0 Å². The second kappa shape index (κ2) is 5.92. The van der Waals surface area contributed by atoms with Crippen molar-refractivity contribution >= 4 is 23.4 Å². The van der Waals surface area contributed by atoms with Crippen LogP contribution in [0, 0.1) is 4.77 Å². The third-order valence-corrected chi connectivity index (χ3v) is 2.92. The van der Waals surface area contributed by atoms with Crippen molar-refractivity contribution in [2.75, 3.05) is 20.3 Å². The van der Waals surface area contributed by atoms with Gasteiger partial charge in [0.25, 0.3) is 0 Å². The highest BCUT2D eigenvalue weighted by Crippen LogP contribution is 2.19. The summed E-state index contributed by atoms with van der Waals surface area (Å²) in [5.41, 5.74) is 1.50. The fourth-order valence-electron chi connectivity index (χ4n) is 1.78. The molecule has 0 fully saturated rings. The number of hydrogen-bond donors (Lipinski definition) is 1. The minimum atomic E-state index is 0.509. The highest BCUT2D eigenvalue weighted by Gasteiger charge is 2.10. The Bertz CT molecular complexity index is 578.